The summed E-state index contributed by atoms with van der Waals surface area (Å²) in [5.74, 6) is 0.874. The summed E-state index contributed by atoms with van der Waals surface area (Å²) in [6, 6.07) is 64.5. The van der Waals surface area contributed by atoms with E-state index in [2.05, 4.69) is 257 Å². The summed E-state index contributed by atoms with van der Waals surface area (Å²) in [6.45, 7) is 0. The van der Waals surface area contributed by atoms with Gasteiger partial charge in [0.05, 0.1) is 39.3 Å². The van der Waals surface area contributed by atoms with Gasteiger partial charge in [-0.15, -0.1) is 0 Å². The molecule has 0 N–H and O–H groups in total. The first-order valence-corrected chi connectivity index (χ1v) is 26.9. The smallest absolute Gasteiger partial charge is 0.160 e. The second-order valence-electron chi connectivity index (χ2n) is 20.6. The monoisotopic (exact) mass is 975 g/mol. The van der Waals surface area contributed by atoms with Gasteiger partial charge < -0.3 is 13.7 Å². The van der Waals surface area contributed by atoms with E-state index < -0.39 is 0 Å². The number of fused-ring (bicyclic) bond motifs is 9. The Balaban J connectivity index is 1.04. The number of nitrogens with zero attached hydrogens (tertiary/aromatic N) is 5. The summed E-state index contributed by atoms with van der Waals surface area (Å²) in [5, 5.41) is 3.84. The molecule has 1 unspecified atom stereocenters. The maximum absolute atomic E-state index is 5.44. The Hall–Kier alpha value is -9.32. The van der Waals surface area contributed by atoms with Crippen LogP contribution in [-0.4, -0.2) is 23.7 Å². The first-order chi connectivity index (χ1) is 37.7. The Morgan fingerprint density at radius 1 is 0.487 bits per heavy atom. The van der Waals surface area contributed by atoms with Crippen molar-refractivity contribution in [2.75, 3.05) is 0 Å². The predicted molar refractivity (Wildman–Crippen MR) is 318 cm³/mol. The molecule has 0 saturated heterocycles. The lowest BCUT2D eigenvalue weighted by atomic mass is 9.90. The normalized spacial score (nSPS) is 16.0. The molecule has 7 aromatic carbocycles. The molecule has 5 nitrogen and oxygen atoms in total. The Labute approximate surface area is 442 Å². The van der Waals surface area contributed by atoms with Crippen LogP contribution in [0.4, 0.5) is 0 Å². The van der Waals surface area contributed by atoms with Gasteiger partial charge in [0, 0.05) is 84.3 Å². The van der Waals surface area contributed by atoms with Gasteiger partial charge in [0.25, 0.3) is 0 Å². The summed E-state index contributed by atoms with van der Waals surface area (Å²) in [5.41, 5.74) is 23.6. The molecule has 0 radical (unpaired) electrons. The molecule has 4 aliphatic carbocycles. The van der Waals surface area contributed by atoms with Crippen molar-refractivity contribution in [3.8, 4) is 56.3 Å². The molecule has 0 fully saturated rings. The van der Waals surface area contributed by atoms with Gasteiger partial charge in [0.2, 0.25) is 0 Å². The summed E-state index contributed by atoms with van der Waals surface area (Å²) >= 11 is 0. The predicted octanol–water partition coefficient (Wildman–Crippen LogP) is 17.9. The first kappa shape index (κ1) is 44.2. The highest BCUT2D eigenvalue weighted by Gasteiger charge is 2.29. The largest absolute Gasteiger partial charge is 0.319 e. The molecule has 15 rings (SSSR count). The summed E-state index contributed by atoms with van der Waals surface area (Å²) in [6.07, 6.45) is 31.1. The minimum atomic E-state index is 0.144. The molecule has 4 aliphatic rings. The molecular weight excluding hydrogens is 923 g/mol. The average Bonchev–Trinajstić information content (AvgIpc) is 4.20. The van der Waals surface area contributed by atoms with Gasteiger partial charge >= 0.3 is 0 Å². The van der Waals surface area contributed by atoms with Crippen LogP contribution in [0, 0.1) is 0 Å². The molecule has 1 atom stereocenters. The average molecular weight is 976 g/mol. The van der Waals surface area contributed by atoms with Crippen LogP contribution >= 0.6 is 0 Å². The number of allylic oxidation sites excluding steroid dienone is 8. The summed E-state index contributed by atoms with van der Waals surface area (Å²) in [4.78, 5) is 10.7. The molecular formula is C71H53N5. The van der Waals surface area contributed by atoms with Crippen LogP contribution in [0.1, 0.15) is 71.1 Å². The lowest BCUT2D eigenvalue weighted by Crippen LogP contribution is -2.07. The fourth-order valence-electron chi connectivity index (χ4n) is 12.7. The van der Waals surface area contributed by atoms with E-state index in [-0.39, 0.29) is 5.92 Å². The van der Waals surface area contributed by atoms with Crippen molar-refractivity contribution in [1.29, 1.82) is 0 Å². The topological polar surface area (TPSA) is 40.6 Å². The van der Waals surface area contributed by atoms with E-state index >= 15 is 0 Å². The van der Waals surface area contributed by atoms with Gasteiger partial charge in [0.15, 0.2) is 5.82 Å². The molecule has 4 heterocycles. The minimum absolute atomic E-state index is 0.144. The maximum Gasteiger partial charge on any atom is 0.160 e. The minimum Gasteiger partial charge on any atom is -0.319 e. The van der Waals surface area contributed by atoms with Crippen LogP contribution in [0.5, 0.6) is 0 Å². The van der Waals surface area contributed by atoms with Crippen molar-refractivity contribution in [2.45, 2.75) is 44.4 Å². The molecule has 362 valence electrons. The highest BCUT2D eigenvalue weighted by atomic mass is 15.0. The van der Waals surface area contributed by atoms with Crippen LogP contribution in [0.3, 0.4) is 0 Å². The number of para-hydroxylation sites is 2. The third-order valence-corrected chi connectivity index (χ3v) is 16.1. The van der Waals surface area contributed by atoms with Gasteiger partial charge in [-0.1, -0.05) is 182 Å². The molecule has 76 heavy (non-hydrogen) atoms. The zero-order valence-electron chi connectivity index (χ0n) is 42.2. The maximum atomic E-state index is 5.44. The Morgan fingerprint density at radius 2 is 1.12 bits per heavy atom. The van der Waals surface area contributed by atoms with E-state index in [4.69, 9.17) is 9.97 Å². The van der Waals surface area contributed by atoms with Crippen LogP contribution in [0.15, 0.2) is 218 Å². The second-order valence-corrected chi connectivity index (χ2v) is 20.6. The van der Waals surface area contributed by atoms with E-state index in [1.165, 1.54) is 72.2 Å². The van der Waals surface area contributed by atoms with Crippen LogP contribution < -0.4 is 0 Å². The molecule has 0 spiro atoms. The molecule has 4 aromatic heterocycles. The first-order valence-electron chi connectivity index (χ1n) is 26.9. The van der Waals surface area contributed by atoms with Gasteiger partial charge in [-0.25, -0.2) is 9.97 Å². The molecule has 0 aliphatic heterocycles. The number of hydrogen-bond donors (Lipinski definition) is 0. The van der Waals surface area contributed by atoms with Crippen molar-refractivity contribution in [3.05, 3.63) is 258 Å². The molecule has 11 aromatic rings. The zero-order chi connectivity index (χ0) is 50.1. The van der Waals surface area contributed by atoms with Crippen LogP contribution in [0.25, 0.3) is 119 Å². The number of aromatic nitrogens is 5. The summed E-state index contributed by atoms with van der Waals surface area (Å²) < 4.78 is 7.64. The summed E-state index contributed by atoms with van der Waals surface area (Å²) in [7, 11) is 0. The Bertz CT molecular complexity index is 4260. The third kappa shape index (κ3) is 7.29. The quantitative estimate of drug-likeness (QED) is 0.152. The van der Waals surface area contributed by atoms with E-state index in [0.717, 1.165) is 100 Å². The van der Waals surface area contributed by atoms with Gasteiger partial charge in [-0.2, -0.15) is 0 Å². The second kappa shape index (κ2) is 18.3. The van der Waals surface area contributed by atoms with Crippen molar-refractivity contribution in [2.24, 2.45) is 0 Å². The molecule has 0 amide bonds. The van der Waals surface area contributed by atoms with Crippen molar-refractivity contribution in [3.63, 3.8) is 0 Å². The van der Waals surface area contributed by atoms with Gasteiger partial charge in [0.1, 0.15) is 0 Å². The van der Waals surface area contributed by atoms with E-state index in [1.807, 2.05) is 0 Å². The molecule has 0 bridgehead atoms. The standard InChI is InChI=1S/C71H53N5/c1-5-22-47(23-6-1)58-42-52(62-45-61(49-26-9-3-10-27-49)72-71(73-62)50-28-11-4-12-29-50)43-59(48-24-7-2-8-25-48)70(58)76-67-41-40-53(75-65-37-19-15-33-56(65)57-34-16-20-38-66(57)75)44-60(67)69-51(30-21-39-68(69)76)46-74-63-35-17-13-31-54(63)55-32-14-18-36-64(55)74/h1-17,19,21-26,28-29,31-35,37,39-46,49H,18,20,27,30,36,38H2/b51-46+. The number of rotatable bonds is 8. The Kier molecular flexibility index (Phi) is 10.6. The highest BCUT2D eigenvalue weighted by molar-refractivity contribution is 6.07. The zero-order valence-corrected chi connectivity index (χ0v) is 42.2. The van der Waals surface area contributed by atoms with Crippen LogP contribution in [-0.2, 0) is 12.8 Å². The fraction of sp³-hybridized carbons (Fsp3) is 0.0986. The third-order valence-electron chi connectivity index (χ3n) is 16.1. The van der Waals surface area contributed by atoms with Crippen LogP contribution in [0.2, 0.25) is 0 Å². The van der Waals surface area contributed by atoms with E-state index in [1.54, 1.807) is 0 Å². The fourth-order valence-corrected chi connectivity index (χ4v) is 12.7. The SMILES string of the molecule is C1=CCC(c2cc(-c3cc(-c4ccccc4)c(-n4c5c(c6cc(-n7c8c(c9ccccc97)C=CCC8)ccc64)/C(=C/n4c6c(c7ccccc74)C=CCC6)CC=C5)c(-c4ccccc4)c3)nc(-c3ccccc3)n2)C=C1. The van der Waals surface area contributed by atoms with Gasteiger partial charge in [-0.05, 0) is 110 Å². The van der Waals surface area contributed by atoms with Crippen molar-refractivity contribution >= 4 is 62.7 Å². The van der Waals surface area contributed by atoms with E-state index in [9.17, 15) is 0 Å². The van der Waals surface area contributed by atoms with Crippen molar-refractivity contribution < 1.29 is 0 Å². The molecule has 5 heteroatoms. The lowest BCUT2D eigenvalue weighted by Gasteiger charge is -2.23. The van der Waals surface area contributed by atoms with Crippen molar-refractivity contribution in [1.82, 2.24) is 23.7 Å². The van der Waals surface area contributed by atoms with Gasteiger partial charge in [-0.3, -0.25) is 0 Å². The highest BCUT2D eigenvalue weighted by Crippen LogP contribution is 2.48. The van der Waals surface area contributed by atoms with E-state index in [0.29, 0.717) is 0 Å². The lowest BCUT2D eigenvalue weighted by molar-refractivity contribution is 0.811. The number of hydrogen-bond acceptors (Lipinski definition) is 2. The Morgan fingerprint density at radius 3 is 1.83 bits per heavy atom. The number of benzene rings is 7. The molecule has 0 saturated carbocycles.